The summed E-state index contributed by atoms with van der Waals surface area (Å²) >= 11 is 0. The van der Waals surface area contributed by atoms with Crippen molar-refractivity contribution < 1.29 is 14.3 Å². The molecule has 1 aromatic heterocycles. The van der Waals surface area contributed by atoms with Gasteiger partial charge in [0.25, 0.3) is 0 Å². The van der Waals surface area contributed by atoms with Crippen LogP contribution in [0, 0.1) is 17.2 Å². The number of anilines is 1. The summed E-state index contributed by atoms with van der Waals surface area (Å²) in [4.78, 5) is 18.5. The molecule has 1 heterocycles. The van der Waals surface area contributed by atoms with Gasteiger partial charge < -0.3 is 10.4 Å². The van der Waals surface area contributed by atoms with Gasteiger partial charge >= 0.3 is 5.97 Å². The van der Waals surface area contributed by atoms with Crippen molar-refractivity contribution in [3.8, 4) is 0 Å². The van der Waals surface area contributed by atoms with Crippen LogP contribution in [0.1, 0.15) is 27.2 Å². The maximum Gasteiger partial charge on any atom is 0.308 e. The Morgan fingerprint density at radius 3 is 2.44 bits per heavy atom. The van der Waals surface area contributed by atoms with E-state index >= 15 is 0 Å². The van der Waals surface area contributed by atoms with Gasteiger partial charge in [0.05, 0.1) is 18.3 Å². The highest BCUT2D eigenvalue weighted by Crippen LogP contribution is 2.24. The third-order valence-corrected chi connectivity index (χ3v) is 2.33. The second-order valence-corrected chi connectivity index (χ2v) is 5.41. The number of hydrogen-bond donors (Lipinski definition) is 2. The maximum absolute atomic E-state index is 12.6. The molecule has 1 unspecified atom stereocenters. The first-order chi connectivity index (χ1) is 8.28. The van der Waals surface area contributed by atoms with E-state index in [0.29, 0.717) is 6.42 Å². The molecule has 0 spiro atoms. The number of carboxylic acid groups (broad SMARTS) is 1. The molecule has 0 bridgehead atoms. The molecule has 0 saturated carbocycles. The van der Waals surface area contributed by atoms with Crippen LogP contribution in [0.3, 0.4) is 0 Å². The second kappa shape index (κ2) is 5.75. The first kappa shape index (κ1) is 14.3. The highest BCUT2D eigenvalue weighted by molar-refractivity contribution is 5.70. The molecule has 5 nitrogen and oxygen atoms in total. The number of nitrogens with zero attached hydrogens (tertiary/aromatic N) is 2. The Kier molecular flexibility index (Phi) is 4.58. The number of aliphatic carboxylic acids is 1. The highest BCUT2D eigenvalue weighted by Gasteiger charge is 2.24. The Morgan fingerprint density at radius 2 is 2.00 bits per heavy atom. The smallest absolute Gasteiger partial charge is 0.308 e. The summed E-state index contributed by atoms with van der Waals surface area (Å²) in [5.74, 6) is -1.68. The van der Waals surface area contributed by atoms with Crippen molar-refractivity contribution in [2.75, 3.05) is 11.9 Å². The molecule has 1 atom stereocenters. The summed E-state index contributed by atoms with van der Waals surface area (Å²) in [5.41, 5.74) is -0.0750. The van der Waals surface area contributed by atoms with E-state index in [1.54, 1.807) is 0 Å². The number of halogens is 1. The van der Waals surface area contributed by atoms with Gasteiger partial charge in [-0.25, -0.2) is 14.4 Å². The summed E-state index contributed by atoms with van der Waals surface area (Å²) in [5, 5.41) is 11.9. The maximum atomic E-state index is 12.6. The van der Waals surface area contributed by atoms with Crippen LogP contribution in [0.15, 0.2) is 12.4 Å². The molecule has 0 amide bonds. The third-order valence-electron chi connectivity index (χ3n) is 2.33. The zero-order valence-corrected chi connectivity index (χ0v) is 10.8. The predicted octanol–water partition coefficient (Wildman–Crippen LogP) is 2.16. The van der Waals surface area contributed by atoms with Crippen molar-refractivity contribution in [2.45, 2.75) is 27.2 Å². The minimum atomic E-state index is -0.862. The van der Waals surface area contributed by atoms with Gasteiger partial charge in [0.1, 0.15) is 0 Å². The molecule has 1 aromatic rings. The number of nitrogens with one attached hydrogen (secondary N) is 1. The lowest BCUT2D eigenvalue weighted by atomic mass is 9.84. The van der Waals surface area contributed by atoms with Gasteiger partial charge in [-0.2, -0.15) is 0 Å². The van der Waals surface area contributed by atoms with Crippen LogP contribution >= 0.6 is 0 Å². The normalized spacial score (nSPS) is 13.1. The summed E-state index contributed by atoms with van der Waals surface area (Å²) in [7, 11) is 0. The van der Waals surface area contributed by atoms with Crippen LogP contribution in [0.5, 0.6) is 0 Å². The van der Waals surface area contributed by atoms with Crippen LogP contribution in [-0.4, -0.2) is 27.6 Å². The summed E-state index contributed by atoms with van der Waals surface area (Å²) < 4.78 is 12.6. The Labute approximate surface area is 105 Å². The molecule has 1 rings (SSSR count). The minimum absolute atomic E-state index is 0.0750. The van der Waals surface area contributed by atoms with Crippen LogP contribution in [0.4, 0.5) is 10.3 Å². The highest BCUT2D eigenvalue weighted by atomic mass is 19.1. The Bertz CT molecular complexity index is 401. The van der Waals surface area contributed by atoms with Crippen molar-refractivity contribution in [3.63, 3.8) is 0 Å². The molecule has 0 radical (unpaired) electrons. The topological polar surface area (TPSA) is 75.1 Å². The van der Waals surface area contributed by atoms with E-state index in [2.05, 4.69) is 15.3 Å². The van der Waals surface area contributed by atoms with E-state index in [-0.39, 0.29) is 17.9 Å². The van der Waals surface area contributed by atoms with Crippen LogP contribution in [-0.2, 0) is 4.79 Å². The molecular weight excluding hydrogens is 237 g/mol. The monoisotopic (exact) mass is 255 g/mol. The molecule has 18 heavy (non-hydrogen) atoms. The molecular formula is C12H18FN3O2. The fraction of sp³-hybridized carbons (Fsp3) is 0.583. The van der Waals surface area contributed by atoms with Gasteiger partial charge in [-0.15, -0.1) is 0 Å². The number of carboxylic acids is 1. The van der Waals surface area contributed by atoms with Crippen LogP contribution < -0.4 is 5.32 Å². The molecule has 100 valence electrons. The summed E-state index contributed by atoms with van der Waals surface area (Å²) in [6.07, 6.45) is 2.61. The lowest BCUT2D eigenvalue weighted by Crippen LogP contribution is -2.27. The van der Waals surface area contributed by atoms with E-state index in [1.165, 1.54) is 0 Å². The zero-order chi connectivity index (χ0) is 13.8. The van der Waals surface area contributed by atoms with E-state index in [1.807, 2.05) is 20.8 Å². The number of rotatable bonds is 5. The Hall–Kier alpha value is -1.72. The Morgan fingerprint density at radius 1 is 1.44 bits per heavy atom. The van der Waals surface area contributed by atoms with Crippen molar-refractivity contribution in [1.29, 1.82) is 0 Å². The van der Waals surface area contributed by atoms with Gasteiger partial charge in [0.15, 0.2) is 5.82 Å². The minimum Gasteiger partial charge on any atom is -0.481 e. The lowest BCUT2D eigenvalue weighted by Gasteiger charge is -2.23. The number of aromatic nitrogens is 2. The molecule has 0 aliphatic carbocycles. The molecule has 0 fully saturated rings. The SMILES string of the molecule is CC(C)(C)CC(CNc1ncc(F)cn1)C(=O)O. The van der Waals surface area contributed by atoms with Crippen LogP contribution in [0.2, 0.25) is 0 Å². The van der Waals surface area contributed by atoms with Crippen molar-refractivity contribution in [2.24, 2.45) is 11.3 Å². The van der Waals surface area contributed by atoms with Gasteiger partial charge in [0.2, 0.25) is 5.95 Å². The van der Waals surface area contributed by atoms with Gasteiger partial charge in [-0.3, -0.25) is 4.79 Å². The average molecular weight is 255 g/mol. The first-order valence-electron chi connectivity index (χ1n) is 5.72. The lowest BCUT2D eigenvalue weighted by molar-refractivity contribution is -0.142. The van der Waals surface area contributed by atoms with Gasteiger partial charge in [-0.05, 0) is 11.8 Å². The molecule has 0 aromatic carbocycles. The first-order valence-corrected chi connectivity index (χ1v) is 5.72. The average Bonchev–Trinajstić information content (AvgIpc) is 2.24. The molecule has 0 aliphatic rings. The van der Waals surface area contributed by atoms with Gasteiger partial charge in [-0.1, -0.05) is 20.8 Å². The summed E-state index contributed by atoms with van der Waals surface area (Å²) in [6.45, 7) is 6.17. The molecule has 0 aliphatic heterocycles. The summed E-state index contributed by atoms with van der Waals surface area (Å²) in [6, 6.07) is 0. The zero-order valence-electron chi connectivity index (χ0n) is 10.8. The Balaban J connectivity index is 2.57. The number of carbonyl (C=O) groups is 1. The van der Waals surface area contributed by atoms with Gasteiger partial charge in [0, 0.05) is 6.54 Å². The quantitative estimate of drug-likeness (QED) is 0.843. The van der Waals surface area contributed by atoms with E-state index in [4.69, 9.17) is 5.11 Å². The van der Waals surface area contributed by atoms with E-state index < -0.39 is 17.7 Å². The largest absolute Gasteiger partial charge is 0.481 e. The third kappa shape index (κ3) is 5.07. The molecule has 6 heteroatoms. The fourth-order valence-electron chi connectivity index (χ4n) is 1.60. The van der Waals surface area contributed by atoms with E-state index in [0.717, 1.165) is 12.4 Å². The van der Waals surface area contributed by atoms with Crippen LogP contribution in [0.25, 0.3) is 0 Å². The predicted molar refractivity (Wildman–Crippen MR) is 65.7 cm³/mol. The van der Waals surface area contributed by atoms with E-state index in [9.17, 15) is 9.18 Å². The second-order valence-electron chi connectivity index (χ2n) is 5.41. The standard InChI is InChI=1S/C12H18FN3O2/c1-12(2,3)4-8(10(17)18)5-14-11-15-6-9(13)7-16-11/h6-8H,4-5H2,1-3H3,(H,17,18)(H,14,15,16). The molecule has 2 N–H and O–H groups in total. The van der Waals surface area contributed by atoms with Crippen molar-refractivity contribution in [3.05, 3.63) is 18.2 Å². The van der Waals surface area contributed by atoms with Crippen molar-refractivity contribution >= 4 is 11.9 Å². The fourth-order valence-corrected chi connectivity index (χ4v) is 1.60. The number of hydrogen-bond acceptors (Lipinski definition) is 4. The molecule has 0 saturated heterocycles. The van der Waals surface area contributed by atoms with Crippen molar-refractivity contribution in [1.82, 2.24) is 9.97 Å².